The maximum Gasteiger partial charge on any atom is 0.119 e. The van der Waals surface area contributed by atoms with Crippen molar-refractivity contribution in [3.05, 3.63) is 29.8 Å². The minimum atomic E-state index is -0.579. The Labute approximate surface area is 102 Å². The summed E-state index contributed by atoms with van der Waals surface area (Å²) in [6, 6.07) is 7.63. The second kappa shape index (κ2) is 5.52. The summed E-state index contributed by atoms with van der Waals surface area (Å²) < 4.78 is 11.0. The van der Waals surface area contributed by atoms with E-state index in [-0.39, 0.29) is 6.10 Å². The first kappa shape index (κ1) is 12.4. The van der Waals surface area contributed by atoms with Crippen molar-refractivity contribution in [2.24, 2.45) is 0 Å². The largest absolute Gasteiger partial charge is 0.490 e. The zero-order valence-electron chi connectivity index (χ0n) is 10.4. The molecule has 0 aromatic heterocycles. The summed E-state index contributed by atoms with van der Waals surface area (Å²) in [5.74, 6) is 0.882. The van der Waals surface area contributed by atoms with Gasteiger partial charge < -0.3 is 14.6 Å². The van der Waals surface area contributed by atoms with Crippen molar-refractivity contribution in [2.45, 2.75) is 45.0 Å². The van der Waals surface area contributed by atoms with Gasteiger partial charge in [-0.15, -0.1) is 0 Å². The van der Waals surface area contributed by atoms with Crippen molar-refractivity contribution in [1.82, 2.24) is 0 Å². The van der Waals surface area contributed by atoms with Crippen LogP contribution in [0.2, 0.25) is 0 Å². The standard InChI is InChI=1S/C14H20O3/c1-3-16-10(2)14(15)11-4-6-12(7-5-11)17-13-8-9-13/h4-7,10,13-15H,3,8-9H2,1-2H3. The van der Waals surface area contributed by atoms with Gasteiger partial charge in [-0.25, -0.2) is 0 Å². The second-order valence-corrected chi connectivity index (χ2v) is 4.49. The van der Waals surface area contributed by atoms with E-state index in [1.165, 1.54) is 0 Å². The third kappa shape index (κ3) is 3.45. The van der Waals surface area contributed by atoms with Crippen molar-refractivity contribution in [1.29, 1.82) is 0 Å². The second-order valence-electron chi connectivity index (χ2n) is 4.49. The van der Waals surface area contributed by atoms with Crippen LogP contribution in [0.5, 0.6) is 5.75 Å². The van der Waals surface area contributed by atoms with Crippen LogP contribution in [0.3, 0.4) is 0 Å². The van der Waals surface area contributed by atoms with Crippen LogP contribution < -0.4 is 4.74 Å². The van der Waals surface area contributed by atoms with Crippen LogP contribution in [-0.2, 0) is 4.74 Å². The van der Waals surface area contributed by atoms with Gasteiger partial charge >= 0.3 is 0 Å². The van der Waals surface area contributed by atoms with Crippen LogP contribution in [-0.4, -0.2) is 23.9 Å². The third-order valence-corrected chi connectivity index (χ3v) is 2.92. The molecule has 0 heterocycles. The van der Waals surface area contributed by atoms with E-state index in [9.17, 15) is 5.11 Å². The van der Waals surface area contributed by atoms with Gasteiger partial charge in [0, 0.05) is 6.61 Å². The van der Waals surface area contributed by atoms with Gasteiger partial charge in [-0.3, -0.25) is 0 Å². The third-order valence-electron chi connectivity index (χ3n) is 2.92. The Morgan fingerprint density at radius 1 is 1.29 bits per heavy atom. The van der Waals surface area contributed by atoms with Gasteiger partial charge in [0.25, 0.3) is 0 Å². The topological polar surface area (TPSA) is 38.7 Å². The van der Waals surface area contributed by atoms with Gasteiger partial charge in [0.1, 0.15) is 11.9 Å². The fourth-order valence-corrected chi connectivity index (χ4v) is 1.75. The molecule has 1 aliphatic carbocycles. The predicted molar refractivity (Wildman–Crippen MR) is 66.1 cm³/mol. The van der Waals surface area contributed by atoms with Crippen molar-refractivity contribution in [2.75, 3.05) is 6.61 Å². The molecule has 94 valence electrons. The number of aliphatic hydroxyl groups is 1. The summed E-state index contributed by atoms with van der Waals surface area (Å²) >= 11 is 0. The van der Waals surface area contributed by atoms with Crippen molar-refractivity contribution in [3.63, 3.8) is 0 Å². The summed E-state index contributed by atoms with van der Waals surface area (Å²) in [7, 11) is 0. The first-order chi connectivity index (χ1) is 8.20. The molecule has 1 aliphatic rings. The Balaban J connectivity index is 1.95. The van der Waals surface area contributed by atoms with E-state index in [1.807, 2.05) is 38.1 Å². The summed E-state index contributed by atoms with van der Waals surface area (Å²) in [4.78, 5) is 0. The smallest absolute Gasteiger partial charge is 0.119 e. The van der Waals surface area contributed by atoms with Crippen molar-refractivity contribution < 1.29 is 14.6 Å². The lowest BCUT2D eigenvalue weighted by Crippen LogP contribution is -2.18. The van der Waals surface area contributed by atoms with Gasteiger partial charge in [0.15, 0.2) is 0 Å². The van der Waals surface area contributed by atoms with Crippen LogP contribution >= 0.6 is 0 Å². The van der Waals surface area contributed by atoms with Crippen LogP contribution in [0, 0.1) is 0 Å². The Morgan fingerprint density at radius 3 is 2.47 bits per heavy atom. The number of ether oxygens (including phenoxy) is 2. The monoisotopic (exact) mass is 236 g/mol. The minimum Gasteiger partial charge on any atom is -0.490 e. The normalized spacial score (nSPS) is 18.8. The molecule has 1 aromatic rings. The average molecular weight is 236 g/mol. The van der Waals surface area contributed by atoms with Crippen LogP contribution in [0.15, 0.2) is 24.3 Å². The Hall–Kier alpha value is -1.06. The van der Waals surface area contributed by atoms with Gasteiger partial charge in [-0.05, 0) is 44.4 Å². The zero-order valence-corrected chi connectivity index (χ0v) is 10.4. The molecular weight excluding hydrogens is 216 g/mol. The highest BCUT2D eigenvalue weighted by Gasteiger charge is 2.23. The summed E-state index contributed by atoms with van der Waals surface area (Å²) in [6.45, 7) is 4.42. The van der Waals surface area contributed by atoms with Gasteiger partial charge in [0.2, 0.25) is 0 Å². The molecular formula is C14H20O3. The van der Waals surface area contributed by atoms with Crippen LogP contribution in [0.4, 0.5) is 0 Å². The van der Waals surface area contributed by atoms with Gasteiger partial charge in [-0.2, -0.15) is 0 Å². The molecule has 17 heavy (non-hydrogen) atoms. The van der Waals surface area contributed by atoms with E-state index in [0.29, 0.717) is 12.7 Å². The first-order valence-corrected chi connectivity index (χ1v) is 6.27. The molecule has 0 amide bonds. The molecule has 0 radical (unpaired) electrons. The molecule has 1 saturated carbocycles. The number of rotatable bonds is 6. The maximum atomic E-state index is 10.0. The van der Waals surface area contributed by atoms with Crippen molar-refractivity contribution in [3.8, 4) is 5.75 Å². The Kier molecular flexibility index (Phi) is 4.02. The lowest BCUT2D eigenvalue weighted by molar-refractivity contribution is -0.0227. The highest BCUT2D eigenvalue weighted by atomic mass is 16.5. The number of hydrogen-bond donors (Lipinski definition) is 1. The summed E-state index contributed by atoms with van der Waals surface area (Å²) in [5.41, 5.74) is 0.870. The van der Waals surface area contributed by atoms with Crippen LogP contribution in [0.1, 0.15) is 38.4 Å². The SMILES string of the molecule is CCOC(C)C(O)c1ccc(OC2CC2)cc1. The molecule has 2 atom stereocenters. The molecule has 3 heteroatoms. The molecule has 3 nitrogen and oxygen atoms in total. The van der Waals surface area contributed by atoms with E-state index in [1.54, 1.807) is 0 Å². The Bertz CT molecular complexity index is 343. The van der Waals surface area contributed by atoms with Crippen LogP contribution in [0.25, 0.3) is 0 Å². The summed E-state index contributed by atoms with van der Waals surface area (Å²) in [5, 5.41) is 10.0. The molecule has 1 N–H and O–H groups in total. The Morgan fingerprint density at radius 2 is 1.94 bits per heavy atom. The quantitative estimate of drug-likeness (QED) is 0.825. The van der Waals surface area contributed by atoms with E-state index in [0.717, 1.165) is 24.2 Å². The zero-order chi connectivity index (χ0) is 12.3. The molecule has 0 spiro atoms. The van der Waals surface area contributed by atoms with E-state index in [2.05, 4.69) is 0 Å². The lowest BCUT2D eigenvalue weighted by Gasteiger charge is -2.19. The van der Waals surface area contributed by atoms with Gasteiger partial charge in [0.05, 0.1) is 12.2 Å². The molecule has 0 bridgehead atoms. The van der Waals surface area contributed by atoms with E-state index in [4.69, 9.17) is 9.47 Å². The molecule has 0 saturated heterocycles. The average Bonchev–Trinajstić information content (AvgIpc) is 3.13. The maximum absolute atomic E-state index is 10.0. The molecule has 2 unspecified atom stereocenters. The highest BCUT2D eigenvalue weighted by Crippen LogP contribution is 2.28. The van der Waals surface area contributed by atoms with Crippen molar-refractivity contribution >= 4 is 0 Å². The molecule has 2 rings (SSSR count). The summed E-state index contributed by atoms with van der Waals surface area (Å²) in [6.07, 6.45) is 1.96. The number of aliphatic hydroxyl groups excluding tert-OH is 1. The molecule has 1 aromatic carbocycles. The lowest BCUT2D eigenvalue weighted by atomic mass is 10.1. The fourth-order valence-electron chi connectivity index (χ4n) is 1.75. The highest BCUT2D eigenvalue weighted by molar-refractivity contribution is 5.29. The van der Waals surface area contributed by atoms with Gasteiger partial charge in [-0.1, -0.05) is 12.1 Å². The predicted octanol–water partition coefficient (Wildman–Crippen LogP) is 2.69. The van der Waals surface area contributed by atoms with E-state index >= 15 is 0 Å². The molecule has 0 aliphatic heterocycles. The fraction of sp³-hybridized carbons (Fsp3) is 0.571. The van der Waals surface area contributed by atoms with E-state index < -0.39 is 6.10 Å². The first-order valence-electron chi connectivity index (χ1n) is 6.27. The number of hydrogen-bond acceptors (Lipinski definition) is 3. The molecule has 1 fully saturated rings. The number of benzene rings is 1. The minimum absolute atomic E-state index is 0.185.